The van der Waals surface area contributed by atoms with Crippen LogP contribution in [0, 0.1) is 0 Å². The van der Waals surface area contributed by atoms with Crippen molar-refractivity contribution in [2.24, 2.45) is 0 Å². The van der Waals surface area contributed by atoms with Crippen LogP contribution in [0.2, 0.25) is 0 Å². The van der Waals surface area contributed by atoms with Crippen molar-refractivity contribution in [3.63, 3.8) is 0 Å². The van der Waals surface area contributed by atoms with Crippen LogP contribution in [0.3, 0.4) is 0 Å². The molecule has 0 aromatic heterocycles. The van der Waals surface area contributed by atoms with E-state index in [1.807, 2.05) is 18.2 Å². The van der Waals surface area contributed by atoms with E-state index in [0.717, 1.165) is 24.4 Å². The Balaban J connectivity index is 2.22. The van der Waals surface area contributed by atoms with Crippen LogP contribution in [0.15, 0.2) is 36.9 Å². The molecule has 0 aliphatic rings. The average Bonchev–Trinajstić information content (AvgIpc) is 2.45. The van der Waals surface area contributed by atoms with Crippen LogP contribution in [0.4, 0.5) is 0 Å². The number of hydrogen-bond acceptors (Lipinski definition) is 4. The highest BCUT2D eigenvalue weighted by Gasteiger charge is 2.01. The molecule has 1 aromatic rings. The Kier molecular flexibility index (Phi) is 8.72. The maximum atomic E-state index is 5.59. The maximum absolute atomic E-state index is 5.59. The number of rotatable bonds is 11. The zero-order valence-corrected chi connectivity index (χ0v) is 11.6. The molecule has 0 atom stereocenters. The zero-order chi connectivity index (χ0) is 13.8. The molecule has 19 heavy (non-hydrogen) atoms. The summed E-state index contributed by atoms with van der Waals surface area (Å²) in [5, 5.41) is 3.32. The zero-order valence-electron chi connectivity index (χ0n) is 11.6. The highest BCUT2D eigenvalue weighted by Crippen LogP contribution is 2.17. The van der Waals surface area contributed by atoms with E-state index in [2.05, 4.69) is 18.0 Å². The van der Waals surface area contributed by atoms with Crippen molar-refractivity contribution in [2.75, 3.05) is 40.1 Å². The summed E-state index contributed by atoms with van der Waals surface area (Å²) in [7, 11) is 1.67. The molecule has 0 saturated carbocycles. The predicted octanol–water partition coefficient (Wildman–Crippen LogP) is 2.00. The van der Waals surface area contributed by atoms with Gasteiger partial charge in [0.05, 0.1) is 19.8 Å². The van der Waals surface area contributed by atoms with Gasteiger partial charge in [0.2, 0.25) is 0 Å². The number of methoxy groups -OCH3 is 1. The van der Waals surface area contributed by atoms with E-state index in [0.29, 0.717) is 26.4 Å². The first-order chi connectivity index (χ1) is 9.38. The fourth-order valence-corrected chi connectivity index (χ4v) is 1.55. The molecule has 106 valence electrons. The minimum Gasteiger partial charge on any atom is -0.489 e. The van der Waals surface area contributed by atoms with Crippen molar-refractivity contribution in [3.05, 3.63) is 42.5 Å². The fraction of sp³-hybridized carbons (Fsp3) is 0.467. The van der Waals surface area contributed by atoms with Crippen molar-refractivity contribution < 1.29 is 14.2 Å². The van der Waals surface area contributed by atoms with Gasteiger partial charge in [-0.1, -0.05) is 30.9 Å². The molecule has 1 aromatic carbocycles. The van der Waals surface area contributed by atoms with Gasteiger partial charge in [0, 0.05) is 25.8 Å². The highest BCUT2D eigenvalue weighted by atomic mass is 16.5. The maximum Gasteiger partial charge on any atom is 0.124 e. The summed E-state index contributed by atoms with van der Waals surface area (Å²) in [6, 6.07) is 8.00. The topological polar surface area (TPSA) is 39.7 Å². The molecule has 0 spiro atoms. The summed E-state index contributed by atoms with van der Waals surface area (Å²) in [5.74, 6) is 0.898. The summed E-state index contributed by atoms with van der Waals surface area (Å²) in [6.07, 6.45) is 1.74. The Labute approximate surface area is 115 Å². The lowest BCUT2D eigenvalue weighted by Gasteiger charge is -2.11. The molecule has 0 heterocycles. The van der Waals surface area contributed by atoms with Crippen LogP contribution in [0.1, 0.15) is 5.56 Å². The lowest BCUT2D eigenvalue weighted by Crippen LogP contribution is -2.20. The number of para-hydroxylation sites is 1. The summed E-state index contributed by atoms with van der Waals surface area (Å²) in [4.78, 5) is 0. The van der Waals surface area contributed by atoms with E-state index >= 15 is 0 Å². The van der Waals surface area contributed by atoms with Gasteiger partial charge in [0.25, 0.3) is 0 Å². The number of hydrogen-bond donors (Lipinski definition) is 1. The Morgan fingerprint density at radius 1 is 1.21 bits per heavy atom. The third kappa shape index (κ3) is 6.96. The first-order valence-corrected chi connectivity index (χ1v) is 6.47. The average molecular weight is 265 g/mol. The summed E-state index contributed by atoms with van der Waals surface area (Å²) in [5.41, 5.74) is 1.14. The van der Waals surface area contributed by atoms with Gasteiger partial charge in [-0.2, -0.15) is 0 Å². The normalized spacial score (nSPS) is 10.4. The van der Waals surface area contributed by atoms with E-state index in [4.69, 9.17) is 14.2 Å². The summed E-state index contributed by atoms with van der Waals surface area (Å²) >= 11 is 0. The molecule has 0 aliphatic heterocycles. The van der Waals surface area contributed by atoms with Crippen LogP contribution in [0.25, 0.3) is 0 Å². The third-order valence-corrected chi connectivity index (χ3v) is 2.50. The smallest absolute Gasteiger partial charge is 0.124 e. The quantitative estimate of drug-likeness (QED) is 0.491. The lowest BCUT2D eigenvalue weighted by atomic mass is 10.2. The monoisotopic (exact) mass is 265 g/mol. The van der Waals surface area contributed by atoms with Crippen molar-refractivity contribution in [2.45, 2.75) is 6.54 Å². The largest absolute Gasteiger partial charge is 0.489 e. The Morgan fingerprint density at radius 3 is 2.84 bits per heavy atom. The molecule has 4 nitrogen and oxygen atoms in total. The molecule has 0 unspecified atom stereocenters. The molecule has 0 fully saturated rings. The van der Waals surface area contributed by atoms with E-state index in [1.165, 1.54) is 0 Å². The SMILES string of the molecule is C=CCOc1ccccc1CNCCOCCOC. The van der Waals surface area contributed by atoms with Gasteiger partial charge in [-0.05, 0) is 6.07 Å². The van der Waals surface area contributed by atoms with Gasteiger partial charge < -0.3 is 19.5 Å². The van der Waals surface area contributed by atoms with E-state index in [-0.39, 0.29) is 0 Å². The van der Waals surface area contributed by atoms with Crippen molar-refractivity contribution >= 4 is 0 Å². The summed E-state index contributed by atoms with van der Waals surface area (Å²) < 4.78 is 15.9. The van der Waals surface area contributed by atoms with E-state index in [1.54, 1.807) is 13.2 Å². The Morgan fingerprint density at radius 2 is 2.05 bits per heavy atom. The molecule has 0 radical (unpaired) electrons. The minimum atomic E-state index is 0.525. The molecule has 4 heteroatoms. The van der Waals surface area contributed by atoms with Crippen LogP contribution in [-0.2, 0) is 16.0 Å². The second-order valence-electron chi connectivity index (χ2n) is 3.99. The number of benzene rings is 1. The van der Waals surface area contributed by atoms with Crippen molar-refractivity contribution in [3.8, 4) is 5.75 Å². The Bertz CT molecular complexity index is 355. The molecule has 0 saturated heterocycles. The number of nitrogens with one attached hydrogen (secondary N) is 1. The van der Waals surface area contributed by atoms with Gasteiger partial charge >= 0.3 is 0 Å². The molecule has 0 bridgehead atoms. The molecular weight excluding hydrogens is 242 g/mol. The van der Waals surface area contributed by atoms with E-state index in [9.17, 15) is 0 Å². The first-order valence-electron chi connectivity index (χ1n) is 6.47. The van der Waals surface area contributed by atoms with Crippen molar-refractivity contribution in [1.29, 1.82) is 0 Å². The highest BCUT2D eigenvalue weighted by molar-refractivity contribution is 5.33. The first kappa shape index (κ1) is 15.7. The van der Waals surface area contributed by atoms with Crippen LogP contribution < -0.4 is 10.1 Å². The molecule has 1 N–H and O–H groups in total. The molecule has 0 amide bonds. The van der Waals surface area contributed by atoms with Gasteiger partial charge in [-0.25, -0.2) is 0 Å². The second-order valence-corrected chi connectivity index (χ2v) is 3.99. The molecule has 0 aliphatic carbocycles. The van der Waals surface area contributed by atoms with Crippen molar-refractivity contribution in [1.82, 2.24) is 5.32 Å². The molecule has 1 rings (SSSR count). The minimum absolute atomic E-state index is 0.525. The van der Waals surface area contributed by atoms with Gasteiger partial charge in [-0.3, -0.25) is 0 Å². The van der Waals surface area contributed by atoms with Gasteiger partial charge in [-0.15, -0.1) is 0 Å². The summed E-state index contributed by atoms with van der Waals surface area (Å²) in [6.45, 7) is 7.70. The lowest BCUT2D eigenvalue weighted by molar-refractivity contribution is 0.0719. The Hall–Kier alpha value is -1.36. The van der Waals surface area contributed by atoms with Gasteiger partial charge in [0.1, 0.15) is 12.4 Å². The van der Waals surface area contributed by atoms with Crippen LogP contribution >= 0.6 is 0 Å². The second kappa shape index (κ2) is 10.6. The van der Waals surface area contributed by atoms with Gasteiger partial charge in [0.15, 0.2) is 0 Å². The third-order valence-electron chi connectivity index (χ3n) is 2.50. The van der Waals surface area contributed by atoms with E-state index < -0.39 is 0 Å². The fourth-order valence-electron chi connectivity index (χ4n) is 1.55. The standard InChI is InChI=1S/C15H23NO3/c1-3-9-19-15-7-5-4-6-14(15)13-16-8-10-18-12-11-17-2/h3-7,16H,1,8-13H2,2H3. The number of ether oxygens (including phenoxy) is 3. The van der Waals surface area contributed by atoms with Crippen LogP contribution in [0.5, 0.6) is 5.75 Å². The predicted molar refractivity (Wildman–Crippen MR) is 76.5 cm³/mol. The molecular formula is C15H23NO3. The van der Waals surface area contributed by atoms with Crippen LogP contribution in [-0.4, -0.2) is 40.1 Å².